The van der Waals surface area contributed by atoms with Crippen molar-refractivity contribution in [1.29, 1.82) is 0 Å². The van der Waals surface area contributed by atoms with Crippen LogP contribution in [0.15, 0.2) is 22.8 Å². The Morgan fingerprint density at radius 3 is 2.71 bits per heavy atom. The van der Waals surface area contributed by atoms with Crippen LogP contribution in [0.3, 0.4) is 0 Å². The minimum absolute atomic E-state index is 0.130. The monoisotopic (exact) mass is 290 g/mol. The molecule has 1 amide bonds. The summed E-state index contributed by atoms with van der Waals surface area (Å²) in [6.07, 6.45) is 9.66. The SMILES string of the molecule is NCC1CCCC1C(=O)N(Cc1ccco1)C1CCCC1. The molecule has 116 valence electrons. The lowest BCUT2D eigenvalue weighted by atomic mass is 9.94. The molecule has 0 bridgehead atoms. The summed E-state index contributed by atoms with van der Waals surface area (Å²) in [5, 5.41) is 0. The van der Waals surface area contributed by atoms with Crippen LogP contribution in [-0.4, -0.2) is 23.4 Å². The Hall–Kier alpha value is -1.29. The third-order valence-electron chi connectivity index (χ3n) is 5.23. The highest BCUT2D eigenvalue weighted by atomic mass is 16.3. The van der Waals surface area contributed by atoms with Crippen LogP contribution in [-0.2, 0) is 11.3 Å². The molecule has 0 aliphatic heterocycles. The molecule has 1 heterocycles. The molecule has 2 N–H and O–H groups in total. The van der Waals surface area contributed by atoms with Crippen molar-refractivity contribution in [2.45, 2.75) is 57.5 Å². The largest absolute Gasteiger partial charge is 0.467 e. The van der Waals surface area contributed by atoms with Gasteiger partial charge in [0.15, 0.2) is 0 Å². The Labute approximate surface area is 126 Å². The van der Waals surface area contributed by atoms with E-state index in [4.69, 9.17) is 10.2 Å². The summed E-state index contributed by atoms with van der Waals surface area (Å²) in [5.41, 5.74) is 5.86. The van der Waals surface area contributed by atoms with Gasteiger partial charge in [0.25, 0.3) is 0 Å². The van der Waals surface area contributed by atoms with E-state index in [-0.39, 0.29) is 5.92 Å². The first kappa shape index (κ1) is 14.6. The van der Waals surface area contributed by atoms with Gasteiger partial charge in [-0.25, -0.2) is 0 Å². The number of nitrogens with zero attached hydrogens (tertiary/aromatic N) is 1. The number of amides is 1. The van der Waals surface area contributed by atoms with E-state index in [1.807, 2.05) is 12.1 Å². The highest BCUT2D eigenvalue weighted by Gasteiger charge is 2.37. The maximum Gasteiger partial charge on any atom is 0.226 e. The summed E-state index contributed by atoms with van der Waals surface area (Å²) in [4.78, 5) is 15.1. The smallest absolute Gasteiger partial charge is 0.226 e. The van der Waals surface area contributed by atoms with Gasteiger partial charge in [0.2, 0.25) is 5.91 Å². The first-order valence-electron chi connectivity index (χ1n) is 8.32. The van der Waals surface area contributed by atoms with Crippen LogP contribution in [0.5, 0.6) is 0 Å². The van der Waals surface area contributed by atoms with Gasteiger partial charge in [-0.1, -0.05) is 19.3 Å². The molecule has 0 spiro atoms. The van der Waals surface area contributed by atoms with Crippen LogP contribution in [0.4, 0.5) is 0 Å². The lowest BCUT2D eigenvalue weighted by Crippen LogP contribution is -2.43. The minimum Gasteiger partial charge on any atom is -0.467 e. The highest BCUT2D eigenvalue weighted by molar-refractivity contribution is 5.79. The average Bonchev–Trinajstić information content (AvgIpc) is 3.25. The van der Waals surface area contributed by atoms with Crippen LogP contribution < -0.4 is 5.73 Å². The van der Waals surface area contributed by atoms with E-state index >= 15 is 0 Å². The molecule has 2 aliphatic rings. The van der Waals surface area contributed by atoms with Crippen LogP contribution in [0.2, 0.25) is 0 Å². The quantitative estimate of drug-likeness (QED) is 0.907. The number of nitrogens with two attached hydrogens (primary N) is 1. The van der Waals surface area contributed by atoms with Crippen molar-refractivity contribution in [2.24, 2.45) is 17.6 Å². The molecule has 3 rings (SSSR count). The van der Waals surface area contributed by atoms with Crippen molar-refractivity contribution >= 4 is 5.91 Å². The number of hydrogen-bond donors (Lipinski definition) is 1. The second-order valence-corrected chi connectivity index (χ2v) is 6.52. The Morgan fingerprint density at radius 1 is 1.24 bits per heavy atom. The number of furan rings is 1. The molecular weight excluding hydrogens is 264 g/mol. The Morgan fingerprint density at radius 2 is 2.05 bits per heavy atom. The molecule has 0 radical (unpaired) electrons. The van der Waals surface area contributed by atoms with Crippen molar-refractivity contribution in [2.75, 3.05) is 6.54 Å². The van der Waals surface area contributed by atoms with Gasteiger partial charge in [-0.15, -0.1) is 0 Å². The number of carbonyl (C=O) groups is 1. The third kappa shape index (κ3) is 3.15. The second-order valence-electron chi connectivity index (χ2n) is 6.52. The van der Waals surface area contributed by atoms with Crippen molar-refractivity contribution in [3.63, 3.8) is 0 Å². The van der Waals surface area contributed by atoms with Gasteiger partial charge in [-0.05, 0) is 50.3 Å². The summed E-state index contributed by atoms with van der Waals surface area (Å²) in [6, 6.07) is 4.25. The van der Waals surface area contributed by atoms with E-state index in [0.29, 0.717) is 31.0 Å². The van der Waals surface area contributed by atoms with Gasteiger partial charge >= 0.3 is 0 Å². The van der Waals surface area contributed by atoms with E-state index < -0.39 is 0 Å². The van der Waals surface area contributed by atoms with Gasteiger partial charge in [0.05, 0.1) is 12.8 Å². The first-order chi connectivity index (χ1) is 10.3. The normalized spacial score (nSPS) is 26.3. The van der Waals surface area contributed by atoms with Crippen molar-refractivity contribution in [3.8, 4) is 0 Å². The van der Waals surface area contributed by atoms with Gasteiger partial charge in [-0.2, -0.15) is 0 Å². The van der Waals surface area contributed by atoms with Crippen LogP contribution >= 0.6 is 0 Å². The maximum atomic E-state index is 13.1. The second kappa shape index (κ2) is 6.65. The zero-order chi connectivity index (χ0) is 14.7. The summed E-state index contributed by atoms with van der Waals surface area (Å²) in [6.45, 7) is 1.25. The molecule has 2 unspecified atom stereocenters. The Kier molecular flexibility index (Phi) is 4.63. The topological polar surface area (TPSA) is 59.5 Å². The summed E-state index contributed by atoms with van der Waals surface area (Å²) < 4.78 is 5.47. The molecule has 1 aromatic heterocycles. The fourth-order valence-electron chi connectivity index (χ4n) is 4.03. The number of hydrogen-bond acceptors (Lipinski definition) is 3. The average molecular weight is 290 g/mol. The molecule has 4 heteroatoms. The molecule has 21 heavy (non-hydrogen) atoms. The predicted octanol–water partition coefficient (Wildman–Crippen LogP) is 2.93. The highest BCUT2D eigenvalue weighted by Crippen LogP contribution is 2.35. The molecule has 2 fully saturated rings. The number of carbonyl (C=O) groups excluding carboxylic acids is 1. The van der Waals surface area contributed by atoms with Crippen molar-refractivity contribution < 1.29 is 9.21 Å². The minimum atomic E-state index is 0.130. The molecule has 2 saturated carbocycles. The standard InChI is InChI=1S/C17H26N2O2/c18-11-13-5-3-9-16(13)17(20)19(14-6-1-2-7-14)12-15-8-4-10-21-15/h4,8,10,13-14,16H,1-3,5-7,9,11-12,18H2. The van der Waals surface area contributed by atoms with E-state index in [1.54, 1.807) is 6.26 Å². The zero-order valence-corrected chi connectivity index (χ0v) is 12.7. The Balaban J connectivity index is 1.75. The molecular formula is C17H26N2O2. The zero-order valence-electron chi connectivity index (χ0n) is 12.7. The fraction of sp³-hybridized carbons (Fsp3) is 0.706. The first-order valence-corrected chi connectivity index (χ1v) is 8.32. The maximum absolute atomic E-state index is 13.1. The number of rotatable bonds is 5. The lowest BCUT2D eigenvalue weighted by molar-refractivity contribution is -0.140. The van der Waals surface area contributed by atoms with Crippen molar-refractivity contribution in [3.05, 3.63) is 24.2 Å². The fourth-order valence-corrected chi connectivity index (χ4v) is 4.03. The Bertz CT molecular complexity index is 451. The van der Waals surface area contributed by atoms with Crippen LogP contribution in [0.25, 0.3) is 0 Å². The van der Waals surface area contributed by atoms with E-state index in [9.17, 15) is 4.79 Å². The molecule has 2 atom stereocenters. The van der Waals surface area contributed by atoms with Gasteiger partial charge in [-0.3, -0.25) is 4.79 Å². The van der Waals surface area contributed by atoms with Gasteiger partial charge in [0.1, 0.15) is 5.76 Å². The predicted molar refractivity (Wildman–Crippen MR) is 81.4 cm³/mol. The summed E-state index contributed by atoms with van der Waals surface area (Å²) in [7, 11) is 0. The third-order valence-corrected chi connectivity index (χ3v) is 5.23. The summed E-state index contributed by atoms with van der Waals surface area (Å²) >= 11 is 0. The van der Waals surface area contributed by atoms with Crippen LogP contribution in [0.1, 0.15) is 50.7 Å². The van der Waals surface area contributed by atoms with E-state index in [1.165, 1.54) is 12.8 Å². The molecule has 2 aliphatic carbocycles. The molecule has 0 saturated heterocycles. The van der Waals surface area contributed by atoms with Crippen molar-refractivity contribution in [1.82, 2.24) is 4.90 Å². The molecule has 1 aromatic rings. The van der Waals surface area contributed by atoms with Gasteiger partial charge in [0, 0.05) is 12.0 Å². The van der Waals surface area contributed by atoms with E-state index in [2.05, 4.69) is 4.90 Å². The van der Waals surface area contributed by atoms with Crippen LogP contribution in [0, 0.1) is 11.8 Å². The molecule has 4 nitrogen and oxygen atoms in total. The molecule has 0 aromatic carbocycles. The summed E-state index contributed by atoms with van der Waals surface area (Å²) in [5.74, 6) is 1.70. The lowest BCUT2D eigenvalue weighted by Gasteiger charge is -2.32. The van der Waals surface area contributed by atoms with Gasteiger partial charge < -0.3 is 15.1 Å². The van der Waals surface area contributed by atoms with E-state index in [0.717, 1.165) is 37.9 Å².